The number of amides is 2. The van der Waals surface area contributed by atoms with E-state index in [1.165, 1.54) is 11.0 Å². The van der Waals surface area contributed by atoms with Crippen LogP contribution in [0.25, 0.3) is 0 Å². The Hall–Kier alpha value is -3.93. The van der Waals surface area contributed by atoms with E-state index >= 15 is 0 Å². The fraction of sp³-hybridized carbons (Fsp3) is 0.160. The van der Waals surface area contributed by atoms with Crippen molar-refractivity contribution >= 4 is 23.5 Å². The van der Waals surface area contributed by atoms with Gasteiger partial charge in [0.15, 0.2) is 6.61 Å². The molecule has 3 aromatic carbocycles. The van der Waals surface area contributed by atoms with Gasteiger partial charge in [0.25, 0.3) is 11.8 Å². The third kappa shape index (κ3) is 5.57. The molecule has 0 fully saturated rings. The van der Waals surface area contributed by atoms with Gasteiger partial charge in [-0.1, -0.05) is 60.7 Å². The zero-order chi connectivity index (χ0) is 22.2. The molecule has 0 aliphatic rings. The van der Waals surface area contributed by atoms with Gasteiger partial charge in [-0.25, -0.2) is 4.79 Å². The number of carbonyl (C=O) groups is 3. The molecule has 6 nitrogen and oxygen atoms in total. The van der Waals surface area contributed by atoms with Crippen LogP contribution < -0.4 is 10.2 Å². The van der Waals surface area contributed by atoms with Gasteiger partial charge >= 0.3 is 5.97 Å². The molecule has 1 atom stereocenters. The molecule has 1 N–H and O–H groups in total. The first-order valence-electron chi connectivity index (χ1n) is 9.91. The maximum Gasteiger partial charge on any atom is 0.339 e. The Morgan fingerprint density at radius 1 is 0.839 bits per heavy atom. The molecular weight excluding hydrogens is 392 g/mol. The largest absolute Gasteiger partial charge is 0.452 e. The molecule has 0 saturated carbocycles. The summed E-state index contributed by atoms with van der Waals surface area (Å²) in [4.78, 5) is 39.2. The molecule has 6 heteroatoms. The number of rotatable bonds is 7. The minimum atomic E-state index is -0.729. The number of hydrogen-bond donors (Lipinski definition) is 1. The predicted octanol–water partition coefficient (Wildman–Crippen LogP) is 4.00. The zero-order valence-electron chi connectivity index (χ0n) is 17.4. The van der Waals surface area contributed by atoms with Crippen LogP contribution >= 0.6 is 0 Å². The Labute approximate surface area is 181 Å². The number of ether oxygens (including phenoxy) is 1. The second-order valence-corrected chi connectivity index (χ2v) is 7.02. The maximum atomic E-state index is 12.9. The molecule has 3 rings (SSSR count). The summed E-state index contributed by atoms with van der Waals surface area (Å²) in [5.74, 6) is -1.50. The average Bonchev–Trinajstić information content (AvgIpc) is 2.82. The topological polar surface area (TPSA) is 75.7 Å². The van der Waals surface area contributed by atoms with Gasteiger partial charge in [0.1, 0.15) is 0 Å². The van der Waals surface area contributed by atoms with E-state index in [-0.39, 0.29) is 23.1 Å². The molecule has 0 aliphatic carbocycles. The normalized spacial score (nSPS) is 11.3. The van der Waals surface area contributed by atoms with E-state index in [0.717, 1.165) is 5.56 Å². The number of benzene rings is 3. The Morgan fingerprint density at radius 3 is 2.03 bits per heavy atom. The molecule has 158 valence electrons. The number of esters is 1. The maximum absolute atomic E-state index is 12.9. The number of nitrogens with zero attached hydrogens (tertiary/aromatic N) is 1. The van der Waals surface area contributed by atoms with Crippen LogP contribution in [0.5, 0.6) is 0 Å². The quantitative estimate of drug-likeness (QED) is 0.591. The fourth-order valence-electron chi connectivity index (χ4n) is 3.11. The predicted molar refractivity (Wildman–Crippen MR) is 119 cm³/mol. The van der Waals surface area contributed by atoms with E-state index in [0.29, 0.717) is 5.69 Å². The molecule has 0 unspecified atom stereocenters. The Kier molecular flexibility index (Phi) is 7.17. The van der Waals surface area contributed by atoms with Gasteiger partial charge in [0, 0.05) is 12.7 Å². The van der Waals surface area contributed by atoms with Crippen molar-refractivity contribution in [1.29, 1.82) is 0 Å². The second-order valence-electron chi connectivity index (χ2n) is 7.02. The summed E-state index contributed by atoms with van der Waals surface area (Å²) in [5, 5.41) is 2.79. The number of nitrogens with one attached hydrogen (secondary N) is 1. The van der Waals surface area contributed by atoms with E-state index in [4.69, 9.17) is 4.74 Å². The van der Waals surface area contributed by atoms with Gasteiger partial charge in [0.05, 0.1) is 17.2 Å². The lowest BCUT2D eigenvalue weighted by Gasteiger charge is -2.19. The summed E-state index contributed by atoms with van der Waals surface area (Å²) in [6, 6.07) is 24.8. The molecule has 0 spiro atoms. The van der Waals surface area contributed by atoms with Crippen molar-refractivity contribution in [3.05, 3.63) is 102 Å². The molecule has 0 saturated heterocycles. The average molecular weight is 416 g/mol. The number of para-hydroxylation sites is 1. The molecule has 3 aromatic rings. The number of carbonyl (C=O) groups excluding carboxylic acids is 3. The van der Waals surface area contributed by atoms with Gasteiger partial charge in [-0.15, -0.1) is 0 Å². The smallest absolute Gasteiger partial charge is 0.339 e. The van der Waals surface area contributed by atoms with E-state index in [9.17, 15) is 14.4 Å². The lowest BCUT2D eigenvalue weighted by atomic mass is 10.1. The number of anilines is 1. The first-order valence-corrected chi connectivity index (χ1v) is 9.91. The molecule has 2 amide bonds. The summed E-state index contributed by atoms with van der Waals surface area (Å²) in [6.45, 7) is 1.41. The first-order chi connectivity index (χ1) is 15.0. The van der Waals surface area contributed by atoms with Gasteiger partial charge in [-0.3, -0.25) is 9.59 Å². The van der Waals surface area contributed by atoms with E-state index in [1.807, 2.05) is 55.5 Å². The molecule has 31 heavy (non-hydrogen) atoms. The fourth-order valence-corrected chi connectivity index (χ4v) is 3.11. The van der Waals surface area contributed by atoms with E-state index < -0.39 is 18.5 Å². The van der Waals surface area contributed by atoms with Gasteiger partial charge < -0.3 is 15.0 Å². The minimum absolute atomic E-state index is 0.110. The van der Waals surface area contributed by atoms with E-state index in [1.54, 1.807) is 37.4 Å². The monoisotopic (exact) mass is 416 g/mol. The summed E-state index contributed by atoms with van der Waals surface area (Å²) in [5.41, 5.74) is 1.96. The molecule has 0 bridgehead atoms. The second kappa shape index (κ2) is 10.2. The van der Waals surface area contributed by atoms with Gasteiger partial charge in [0.2, 0.25) is 0 Å². The van der Waals surface area contributed by atoms with Crippen LogP contribution in [-0.4, -0.2) is 31.4 Å². The number of hydrogen-bond acceptors (Lipinski definition) is 4. The highest BCUT2D eigenvalue weighted by atomic mass is 16.5. The third-order valence-electron chi connectivity index (χ3n) is 4.84. The van der Waals surface area contributed by atoms with Crippen molar-refractivity contribution < 1.29 is 19.1 Å². The minimum Gasteiger partial charge on any atom is -0.452 e. The van der Waals surface area contributed by atoms with Crippen LogP contribution in [-0.2, 0) is 9.53 Å². The Morgan fingerprint density at radius 2 is 1.39 bits per heavy atom. The van der Waals surface area contributed by atoms with Crippen molar-refractivity contribution in [1.82, 2.24) is 5.32 Å². The van der Waals surface area contributed by atoms with Crippen LogP contribution in [0.4, 0.5) is 5.69 Å². The SMILES string of the molecule is C[C@@H](NC(=O)COC(=O)c1ccccc1C(=O)N(C)c1ccccc1)c1ccccc1. The van der Waals surface area contributed by atoms with Crippen LogP contribution in [0.2, 0.25) is 0 Å². The summed E-state index contributed by atoms with van der Waals surface area (Å²) < 4.78 is 5.18. The van der Waals surface area contributed by atoms with Crippen molar-refractivity contribution in [2.24, 2.45) is 0 Å². The molecule has 0 radical (unpaired) electrons. The van der Waals surface area contributed by atoms with Crippen molar-refractivity contribution in [2.45, 2.75) is 13.0 Å². The van der Waals surface area contributed by atoms with E-state index in [2.05, 4.69) is 5.32 Å². The lowest BCUT2D eigenvalue weighted by Crippen LogP contribution is -2.32. The molecule has 0 heterocycles. The first kappa shape index (κ1) is 21.8. The van der Waals surface area contributed by atoms with Crippen LogP contribution in [0.1, 0.15) is 39.2 Å². The zero-order valence-corrected chi connectivity index (χ0v) is 17.4. The van der Waals surface area contributed by atoms with Gasteiger partial charge in [-0.2, -0.15) is 0 Å². The molecular formula is C25H24N2O4. The van der Waals surface area contributed by atoms with Crippen LogP contribution in [0.3, 0.4) is 0 Å². The third-order valence-corrected chi connectivity index (χ3v) is 4.84. The Bertz CT molecular complexity index is 1050. The summed E-state index contributed by atoms with van der Waals surface area (Å²) >= 11 is 0. The van der Waals surface area contributed by atoms with Crippen molar-refractivity contribution in [3.8, 4) is 0 Å². The van der Waals surface area contributed by atoms with Crippen LogP contribution in [0, 0.1) is 0 Å². The highest BCUT2D eigenvalue weighted by Crippen LogP contribution is 2.18. The summed E-state index contributed by atoms with van der Waals surface area (Å²) in [6.07, 6.45) is 0. The standard InChI is InChI=1S/C25H24N2O4/c1-18(19-11-5-3-6-12-19)26-23(28)17-31-25(30)22-16-10-9-15-21(22)24(29)27(2)20-13-7-4-8-14-20/h3-16,18H,17H2,1-2H3,(H,26,28)/t18-/m1/s1. The van der Waals surface area contributed by atoms with Crippen molar-refractivity contribution in [3.63, 3.8) is 0 Å². The lowest BCUT2D eigenvalue weighted by molar-refractivity contribution is -0.124. The van der Waals surface area contributed by atoms with Gasteiger partial charge in [-0.05, 0) is 36.8 Å². The Balaban J connectivity index is 1.64. The molecule has 0 aliphatic heterocycles. The molecule has 0 aromatic heterocycles. The van der Waals surface area contributed by atoms with Crippen LogP contribution in [0.15, 0.2) is 84.9 Å². The summed E-state index contributed by atoms with van der Waals surface area (Å²) in [7, 11) is 1.64. The highest BCUT2D eigenvalue weighted by Gasteiger charge is 2.22. The highest BCUT2D eigenvalue weighted by molar-refractivity contribution is 6.12. The van der Waals surface area contributed by atoms with Crippen molar-refractivity contribution in [2.75, 3.05) is 18.6 Å².